The summed E-state index contributed by atoms with van der Waals surface area (Å²) in [5, 5.41) is 3.07. The van der Waals surface area contributed by atoms with Crippen LogP contribution in [-0.2, 0) is 16.0 Å². The molecule has 0 radical (unpaired) electrons. The number of rotatable bonds is 6. The van der Waals surface area contributed by atoms with Gasteiger partial charge in [-0.25, -0.2) is 0 Å². The highest BCUT2D eigenvalue weighted by molar-refractivity contribution is 6.01. The fraction of sp³-hybridized carbons (Fsp3) is 0.619. The summed E-state index contributed by atoms with van der Waals surface area (Å²) in [6, 6.07) is 7.55. The van der Waals surface area contributed by atoms with Crippen LogP contribution in [0.25, 0.3) is 0 Å². The molecule has 1 aromatic carbocycles. The molecule has 1 fully saturated rings. The fourth-order valence-electron chi connectivity index (χ4n) is 4.00. The van der Waals surface area contributed by atoms with E-state index in [1.165, 1.54) is 0 Å². The minimum absolute atomic E-state index is 0.0447. The number of anilines is 1. The number of carbonyl (C=O) groups excluding carboxylic acids is 2. The third-order valence-corrected chi connectivity index (χ3v) is 5.68. The molecule has 3 rings (SSSR count). The number of hydrogen-bond donors (Lipinski definition) is 1. The molecule has 2 aliphatic rings. The van der Waals surface area contributed by atoms with Gasteiger partial charge in [0.1, 0.15) is 6.04 Å². The van der Waals surface area contributed by atoms with E-state index >= 15 is 0 Å². The highest BCUT2D eigenvalue weighted by atomic mass is 16.2. The van der Waals surface area contributed by atoms with E-state index in [0.717, 1.165) is 56.8 Å². The quantitative estimate of drug-likeness (QED) is 0.822. The number of nitrogens with zero attached hydrogens (tertiary/aromatic N) is 3. The van der Waals surface area contributed by atoms with Crippen molar-refractivity contribution in [3.05, 3.63) is 29.8 Å². The van der Waals surface area contributed by atoms with Gasteiger partial charge in [0, 0.05) is 51.4 Å². The maximum atomic E-state index is 12.9. The van der Waals surface area contributed by atoms with Gasteiger partial charge in [0.2, 0.25) is 11.8 Å². The van der Waals surface area contributed by atoms with Gasteiger partial charge >= 0.3 is 0 Å². The van der Waals surface area contributed by atoms with Crippen LogP contribution in [0.3, 0.4) is 0 Å². The Kier molecular flexibility index (Phi) is 6.85. The molecular weight excluding hydrogens is 340 g/mol. The van der Waals surface area contributed by atoms with Crippen LogP contribution >= 0.6 is 0 Å². The first-order valence-corrected chi connectivity index (χ1v) is 10.2. The summed E-state index contributed by atoms with van der Waals surface area (Å²) < 4.78 is 0. The Morgan fingerprint density at radius 3 is 2.63 bits per heavy atom. The minimum atomic E-state index is -0.441. The molecule has 1 N–H and O–H groups in total. The number of fused-ring (bicyclic) bond motifs is 1. The van der Waals surface area contributed by atoms with Crippen molar-refractivity contribution in [1.82, 2.24) is 15.1 Å². The maximum absolute atomic E-state index is 12.9. The molecule has 0 saturated carbocycles. The Morgan fingerprint density at radius 1 is 1.15 bits per heavy atom. The fourth-order valence-corrected chi connectivity index (χ4v) is 4.00. The van der Waals surface area contributed by atoms with Crippen molar-refractivity contribution in [3.63, 3.8) is 0 Å². The van der Waals surface area contributed by atoms with Gasteiger partial charge in [-0.1, -0.05) is 25.1 Å². The molecular formula is C21H32N4O2. The molecule has 0 spiro atoms. The lowest BCUT2D eigenvalue weighted by molar-refractivity contribution is -0.126. The Hall–Kier alpha value is -1.92. The summed E-state index contributed by atoms with van der Waals surface area (Å²) >= 11 is 0. The second-order valence-corrected chi connectivity index (χ2v) is 7.61. The summed E-state index contributed by atoms with van der Waals surface area (Å²) in [4.78, 5) is 32.1. The van der Waals surface area contributed by atoms with Gasteiger partial charge in [-0.05, 0) is 37.9 Å². The molecule has 148 valence electrons. The van der Waals surface area contributed by atoms with Crippen molar-refractivity contribution < 1.29 is 9.59 Å². The van der Waals surface area contributed by atoms with Gasteiger partial charge in [0.15, 0.2) is 0 Å². The SMILES string of the molecule is CC[C@H](C(=O)NCCN1CCN(C)CC1)N1C(=O)CCCc2ccccc21. The van der Waals surface area contributed by atoms with Crippen LogP contribution in [-0.4, -0.2) is 74.0 Å². The maximum Gasteiger partial charge on any atom is 0.243 e. The van der Waals surface area contributed by atoms with E-state index in [-0.39, 0.29) is 11.8 Å². The first-order valence-electron chi connectivity index (χ1n) is 10.2. The summed E-state index contributed by atoms with van der Waals surface area (Å²) in [6.07, 6.45) is 2.84. The molecule has 0 aliphatic carbocycles. The lowest BCUT2D eigenvalue weighted by Gasteiger charge is -2.33. The van der Waals surface area contributed by atoms with E-state index in [1.54, 1.807) is 4.90 Å². The average Bonchev–Trinajstić information content (AvgIpc) is 2.83. The molecule has 0 unspecified atom stereocenters. The van der Waals surface area contributed by atoms with E-state index in [0.29, 0.717) is 19.4 Å². The van der Waals surface area contributed by atoms with Crippen LogP contribution in [0.1, 0.15) is 31.7 Å². The Bertz CT molecular complexity index is 655. The van der Waals surface area contributed by atoms with Gasteiger partial charge in [0.05, 0.1) is 0 Å². The van der Waals surface area contributed by atoms with Crippen LogP contribution in [0.5, 0.6) is 0 Å². The third-order valence-electron chi connectivity index (χ3n) is 5.68. The van der Waals surface area contributed by atoms with Crippen LogP contribution < -0.4 is 10.2 Å². The summed E-state index contributed by atoms with van der Waals surface area (Å²) in [5.74, 6) is 0.0118. The lowest BCUT2D eigenvalue weighted by atomic mass is 10.1. The Labute approximate surface area is 162 Å². The molecule has 0 bridgehead atoms. The number of likely N-dealkylation sites (N-methyl/N-ethyl adjacent to an activating group) is 1. The largest absolute Gasteiger partial charge is 0.353 e. The van der Waals surface area contributed by atoms with Crippen LogP contribution in [0.4, 0.5) is 5.69 Å². The monoisotopic (exact) mass is 372 g/mol. The second kappa shape index (κ2) is 9.33. The van der Waals surface area contributed by atoms with E-state index in [1.807, 2.05) is 25.1 Å². The Balaban J connectivity index is 1.63. The van der Waals surface area contributed by atoms with E-state index < -0.39 is 6.04 Å². The van der Waals surface area contributed by atoms with Crippen molar-refractivity contribution in [1.29, 1.82) is 0 Å². The standard InChI is InChI=1S/C21H32N4O2/c1-3-18(21(27)22-11-12-24-15-13-23(2)14-16-24)25-19-9-5-4-7-17(19)8-6-10-20(25)26/h4-5,7,9,18H,3,6,8,10-16H2,1-2H3,(H,22,27)/t18-/m1/s1. The summed E-state index contributed by atoms with van der Waals surface area (Å²) in [6.45, 7) is 7.70. The van der Waals surface area contributed by atoms with Gasteiger partial charge in [-0.15, -0.1) is 0 Å². The zero-order valence-corrected chi connectivity index (χ0v) is 16.6. The summed E-state index contributed by atoms with van der Waals surface area (Å²) in [5.41, 5.74) is 2.06. The van der Waals surface area contributed by atoms with E-state index in [4.69, 9.17) is 0 Å². The van der Waals surface area contributed by atoms with E-state index in [2.05, 4.69) is 28.2 Å². The molecule has 1 aromatic rings. The lowest BCUT2D eigenvalue weighted by Crippen LogP contribution is -2.51. The second-order valence-electron chi connectivity index (χ2n) is 7.61. The van der Waals surface area contributed by atoms with Crippen molar-refractivity contribution in [3.8, 4) is 0 Å². The van der Waals surface area contributed by atoms with Crippen molar-refractivity contribution >= 4 is 17.5 Å². The molecule has 1 atom stereocenters. The van der Waals surface area contributed by atoms with Gasteiger partial charge < -0.3 is 10.2 Å². The zero-order valence-electron chi connectivity index (χ0n) is 16.6. The predicted molar refractivity (Wildman–Crippen MR) is 108 cm³/mol. The predicted octanol–water partition coefficient (Wildman–Crippen LogP) is 1.50. The topological polar surface area (TPSA) is 55.9 Å². The molecule has 6 heteroatoms. The average molecular weight is 373 g/mol. The molecule has 1 saturated heterocycles. The number of piperazine rings is 1. The highest BCUT2D eigenvalue weighted by Gasteiger charge is 2.32. The molecule has 27 heavy (non-hydrogen) atoms. The van der Waals surface area contributed by atoms with Gasteiger partial charge in [0.25, 0.3) is 0 Å². The first kappa shape index (κ1) is 19.8. The molecule has 2 amide bonds. The van der Waals surface area contributed by atoms with Gasteiger partial charge in [-0.2, -0.15) is 0 Å². The first-order chi connectivity index (χ1) is 13.1. The highest BCUT2D eigenvalue weighted by Crippen LogP contribution is 2.29. The molecule has 0 aromatic heterocycles. The van der Waals surface area contributed by atoms with Gasteiger partial charge in [-0.3, -0.25) is 19.4 Å². The number of benzene rings is 1. The van der Waals surface area contributed by atoms with Crippen LogP contribution in [0.2, 0.25) is 0 Å². The zero-order chi connectivity index (χ0) is 19.2. The molecule has 6 nitrogen and oxygen atoms in total. The number of amides is 2. The minimum Gasteiger partial charge on any atom is -0.353 e. The number of aryl methyl sites for hydroxylation is 1. The van der Waals surface area contributed by atoms with E-state index in [9.17, 15) is 9.59 Å². The number of nitrogens with one attached hydrogen (secondary N) is 1. The number of hydrogen-bond acceptors (Lipinski definition) is 4. The smallest absolute Gasteiger partial charge is 0.243 e. The van der Waals surface area contributed by atoms with Crippen LogP contribution in [0, 0.1) is 0 Å². The van der Waals surface area contributed by atoms with Crippen molar-refractivity contribution in [2.24, 2.45) is 0 Å². The Morgan fingerprint density at radius 2 is 1.89 bits per heavy atom. The summed E-state index contributed by atoms with van der Waals surface area (Å²) in [7, 11) is 2.14. The molecule has 2 heterocycles. The van der Waals surface area contributed by atoms with Crippen LogP contribution in [0.15, 0.2) is 24.3 Å². The molecule has 2 aliphatic heterocycles. The number of para-hydroxylation sites is 1. The third kappa shape index (κ3) is 4.87. The van der Waals surface area contributed by atoms with Crippen molar-refractivity contribution in [2.75, 3.05) is 51.2 Å². The normalized spacial score (nSPS) is 20.1. The number of carbonyl (C=O) groups is 2. The van der Waals surface area contributed by atoms with Crippen molar-refractivity contribution in [2.45, 2.75) is 38.6 Å².